The fraction of sp³-hybridized carbons (Fsp3) is 0.579. The third-order valence-corrected chi connectivity index (χ3v) is 6.02. The van der Waals surface area contributed by atoms with Crippen LogP contribution in [0.25, 0.3) is 0 Å². The van der Waals surface area contributed by atoms with Crippen LogP contribution in [-0.4, -0.2) is 49.1 Å². The molecule has 4 N–H and O–H groups in total. The minimum absolute atomic E-state index is 0.164. The Bertz CT molecular complexity index is 666. The number of likely N-dealkylation sites (tertiary alicyclic amines) is 1. The van der Waals surface area contributed by atoms with Gasteiger partial charge >= 0.3 is 6.03 Å². The van der Waals surface area contributed by atoms with Crippen molar-refractivity contribution in [1.82, 2.24) is 15.5 Å². The molecule has 3 rings (SSSR count). The summed E-state index contributed by atoms with van der Waals surface area (Å²) in [7, 11) is 0. The topological polar surface area (TPSA) is 82.8 Å². The van der Waals surface area contributed by atoms with Gasteiger partial charge in [0.05, 0.1) is 6.54 Å². The zero-order valence-corrected chi connectivity index (χ0v) is 16.9. The van der Waals surface area contributed by atoms with E-state index in [1.165, 1.54) is 22.9 Å². The van der Waals surface area contributed by atoms with Crippen molar-refractivity contribution >= 4 is 27.9 Å². The second-order valence-corrected chi connectivity index (χ2v) is 8.05. The molecule has 2 fully saturated rings. The summed E-state index contributed by atoms with van der Waals surface area (Å²) in [6.45, 7) is 5.09. The van der Waals surface area contributed by atoms with Gasteiger partial charge in [-0.25, -0.2) is 4.79 Å². The molecule has 1 saturated heterocycles. The number of guanidine groups is 1. The number of halogens is 1. The number of amides is 2. The van der Waals surface area contributed by atoms with Crippen LogP contribution in [-0.2, 0) is 5.41 Å². The lowest BCUT2D eigenvalue weighted by atomic mass is 9.96. The predicted octanol–water partition coefficient (Wildman–Crippen LogP) is 2.58. The van der Waals surface area contributed by atoms with E-state index in [2.05, 4.69) is 57.8 Å². The van der Waals surface area contributed by atoms with Crippen LogP contribution in [0.4, 0.5) is 4.79 Å². The van der Waals surface area contributed by atoms with Crippen LogP contribution >= 0.6 is 15.9 Å². The van der Waals surface area contributed by atoms with E-state index in [1.54, 1.807) is 4.90 Å². The molecule has 0 radical (unpaired) electrons. The molecule has 2 amide bonds. The standard InChI is InChI=1S/C19H28BrN5O/c1-2-22-18(24-14-7-11-25(12-8-14)17(21)26)23-13-19(9-10-19)15-5-3-4-6-16(15)20/h3-6,14H,2,7-13H2,1H3,(H2,21,26)(H2,22,23,24). The highest BCUT2D eigenvalue weighted by Gasteiger charge is 2.45. The number of benzene rings is 1. The Morgan fingerprint density at radius 2 is 2.04 bits per heavy atom. The highest BCUT2D eigenvalue weighted by molar-refractivity contribution is 9.10. The van der Waals surface area contributed by atoms with Crippen molar-refractivity contribution in [3.63, 3.8) is 0 Å². The van der Waals surface area contributed by atoms with E-state index in [1.807, 2.05) is 0 Å². The molecule has 1 aliphatic carbocycles. The Morgan fingerprint density at radius 1 is 1.35 bits per heavy atom. The zero-order valence-electron chi connectivity index (χ0n) is 15.3. The Kier molecular flexibility index (Phi) is 6.06. The van der Waals surface area contributed by atoms with Crippen molar-refractivity contribution in [3.8, 4) is 0 Å². The summed E-state index contributed by atoms with van der Waals surface area (Å²) in [6, 6.07) is 8.45. The molecule has 7 heteroatoms. The quantitative estimate of drug-likeness (QED) is 0.504. The maximum Gasteiger partial charge on any atom is 0.314 e. The normalized spacial score (nSPS) is 19.9. The average molecular weight is 422 g/mol. The van der Waals surface area contributed by atoms with Gasteiger partial charge in [-0.3, -0.25) is 4.99 Å². The van der Waals surface area contributed by atoms with Gasteiger partial charge in [-0.15, -0.1) is 0 Å². The van der Waals surface area contributed by atoms with Gasteiger partial charge in [0.15, 0.2) is 5.96 Å². The van der Waals surface area contributed by atoms with E-state index in [9.17, 15) is 4.79 Å². The lowest BCUT2D eigenvalue weighted by Crippen LogP contribution is -2.50. The Balaban J connectivity index is 1.61. The summed E-state index contributed by atoms with van der Waals surface area (Å²) in [5.74, 6) is 0.864. The third-order valence-electron chi connectivity index (χ3n) is 5.33. The van der Waals surface area contributed by atoms with Crippen LogP contribution in [0, 0.1) is 0 Å². The summed E-state index contributed by atoms with van der Waals surface area (Å²) in [6.07, 6.45) is 4.14. The monoisotopic (exact) mass is 421 g/mol. The second-order valence-electron chi connectivity index (χ2n) is 7.20. The SMILES string of the molecule is CCNC(=NCC1(c2ccccc2Br)CC1)NC1CCN(C(N)=O)CC1. The molecule has 6 nitrogen and oxygen atoms in total. The molecule has 26 heavy (non-hydrogen) atoms. The first-order valence-corrected chi connectivity index (χ1v) is 10.2. The number of hydrogen-bond donors (Lipinski definition) is 3. The van der Waals surface area contributed by atoms with E-state index in [0.29, 0.717) is 19.1 Å². The van der Waals surface area contributed by atoms with Crippen LogP contribution in [0.1, 0.15) is 38.2 Å². The van der Waals surface area contributed by atoms with E-state index in [-0.39, 0.29) is 11.4 Å². The largest absolute Gasteiger partial charge is 0.357 e. The molecule has 1 aromatic rings. The maximum atomic E-state index is 11.3. The predicted molar refractivity (Wildman–Crippen MR) is 108 cm³/mol. The van der Waals surface area contributed by atoms with E-state index in [0.717, 1.165) is 31.9 Å². The van der Waals surface area contributed by atoms with E-state index in [4.69, 9.17) is 10.7 Å². The maximum absolute atomic E-state index is 11.3. The van der Waals surface area contributed by atoms with Crippen LogP contribution < -0.4 is 16.4 Å². The second kappa shape index (κ2) is 8.29. The number of nitrogens with one attached hydrogen (secondary N) is 2. The molecule has 1 aliphatic heterocycles. The molecule has 1 aromatic carbocycles. The fourth-order valence-electron chi connectivity index (χ4n) is 3.54. The van der Waals surface area contributed by atoms with Crippen molar-refractivity contribution in [2.75, 3.05) is 26.2 Å². The number of primary amides is 1. The van der Waals surface area contributed by atoms with Gasteiger partial charge < -0.3 is 21.3 Å². The number of hydrogen-bond acceptors (Lipinski definition) is 2. The third kappa shape index (κ3) is 4.50. The minimum Gasteiger partial charge on any atom is -0.357 e. The molecule has 1 saturated carbocycles. The van der Waals surface area contributed by atoms with Gasteiger partial charge in [0.2, 0.25) is 0 Å². The number of urea groups is 1. The number of nitrogens with zero attached hydrogens (tertiary/aromatic N) is 2. The summed E-state index contributed by atoms with van der Waals surface area (Å²) in [5, 5.41) is 6.88. The van der Waals surface area contributed by atoms with Crippen molar-refractivity contribution < 1.29 is 4.79 Å². The van der Waals surface area contributed by atoms with Gasteiger partial charge in [-0.1, -0.05) is 34.1 Å². The lowest BCUT2D eigenvalue weighted by molar-refractivity contribution is 0.188. The molecule has 2 aliphatic rings. The van der Waals surface area contributed by atoms with Crippen LogP contribution in [0.5, 0.6) is 0 Å². The van der Waals surface area contributed by atoms with Crippen molar-refractivity contribution in [2.24, 2.45) is 10.7 Å². The molecule has 0 atom stereocenters. The number of piperidine rings is 1. The molecular weight excluding hydrogens is 394 g/mol. The minimum atomic E-state index is -0.326. The first-order chi connectivity index (χ1) is 12.5. The Hall–Kier alpha value is -1.76. The number of nitrogens with two attached hydrogens (primary N) is 1. The molecular formula is C19H28BrN5O. The van der Waals surface area contributed by atoms with Crippen LogP contribution in [0.15, 0.2) is 33.7 Å². The summed E-state index contributed by atoms with van der Waals surface area (Å²) in [5.41, 5.74) is 6.88. The van der Waals surface area contributed by atoms with Crippen molar-refractivity contribution in [2.45, 2.75) is 44.1 Å². The van der Waals surface area contributed by atoms with Gasteiger partial charge in [0.25, 0.3) is 0 Å². The fourth-order valence-corrected chi connectivity index (χ4v) is 4.25. The van der Waals surface area contributed by atoms with E-state index >= 15 is 0 Å². The Labute approximate surface area is 163 Å². The van der Waals surface area contributed by atoms with Gasteiger partial charge in [-0.05, 0) is 44.2 Å². The summed E-state index contributed by atoms with van der Waals surface area (Å²) in [4.78, 5) is 17.8. The van der Waals surface area contributed by atoms with E-state index < -0.39 is 0 Å². The number of carbonyl (C=O) groups excluding carboxylic acids is 1. The number of rotatable bonds is 5. The molecule has 0 bridgehead atoms. The lowest BCUT2D eigenvalue weighted by Gasteiger charge is -2.32. The molecule has 0 spiro atoms. The first-order valence-electron chi connectivity index (χ1n) is 9.38. The van der Waals surface area contributed by atoms with Crippen molar-refractivity contribution in [3.05, 3.63) is 34.3 Å². The average Bonchev–Trinajstić information content (AvgIpc) is 3.42. The first kappa shape index (κ1) is 19.0. The zero-order chi connectivity index (χ0) is 18.6. The number of aliphatic imine (C=N–C) groups is 1. The summed E-state index contributed by atoms with van der Waals surface area (Å²) < 4.78 is 1.17. The molecule has 142 valence electrons. The number of carbonyl (C=O) groups is 1. The smallest absolute Gasteiger partial charge is 0.314 e. The molecule has 1 heterocycles. The summed E-state index contributed by atoms with van der Waals surface area (Å²) >= 11 is 3.68. The van der Waals surface area contributed by atoms with Gasteiger partial charge in [0.1, 0.15) is 0 Å². The van der Waals surface area contributed by atoms with Crippen molar-refractivity contribution in [1.29, 1.82) is 0 Å². The van der Waals surface area contributed by atoms with Gasteiger partial charge in [-0.2, -0.15) is 0 Å². The van der Waals surface area contributed by atoms with Crippen LogP contribution in [0.2, 0.25) is 0 Å². The molecule has 0 aromatic heterocycles. The highest BCUT2D eigenvalue weighted by atomic mass is 79.9. The molecule has 0 unspecified atom stereocenters. The highest BCUT2D eigenvalue weighted by Crippen LogP contribution is 2.50. The van der Waals surface area contributed by atoms with Gasteiger partial charge in [0, 0.05) is 35.6 Å². The van der Waals surface area contributed by atoms with Crippen LogP contribution in [0.3, 0.4) is 0 Å². The Morgan fingerprint density at radius 3 is 2.62 bits per heavy atom.